The minimum Gasteiger partial charge on any atom is -0.484 e. The van der Waals surface area contributed by atoms with Crippen LogP contribution in [0, 0.1) is 20.8 Å². The van der Waals surface area contributed by atoms with Crippen molar-refractivity contribution in [2.45, 2.75) is 20.8 Å². The molecule has 0 saturated carbocycles. The number of hydrogen-bond donors (Lipinski definition) is 1. The fourth-order valence-corrected chi connectivity index (χ4v) is 2.71. The number of ether oxygens (including phenoxy) is 1. The van der Waals surface area contributed by atoms with Crippen molar-refractivity contribution in [1.29, 1.82) is 0 Å². The third-order valence-electron chi connectivity index (χ3n) is 4.38. The molecule has 1 amide bonds. The molecular weight excluding hydrogens is 348 g/mol. The van der Waals surface area contributed by atoms with E-state index in [0.717, 1.165) is 22.5 Å². The number of carbonyl (C=O) groups excluding carboxylic acids is 1. The van der Waals surface area contributed by atoms with Crippen LogP contribution in [-0.2, 0) is 4.79 Å². The van der Waals surface area contributed by atoms with Crippen molar-refractivity contribution in [1.82, 2.24) is 0 Å². The fraction of sp³-hybridized carbons (Fsp3) is 0.167. The third-order valence-corrected chi connectivity index (χ3v) is 4.38. The third kappa shape index (κ3) is 5.55. The maximum Gasteiger partial charge on any atom is 0.262 e. The van der Waals surface area contributed by atoms with Crippen LogP contribution >= 0.6 is 0 Å². The van der Waals surface area contributed by atoms with E-state index < -0.39 is 0 Å². The number of nitrogens with one attached hydrogen (secondary N) is 1. The summed E-state index contributed by atoms with van der Waals surface area (Å²) in [5, 5.41) is 2.83. The summed E-state index contributed by atoms with van der Waals surface area (Å²) in [6.45, 7) is 6.09. The van der Waals surface area contributed by atoms with E-state index in [1.807, 2.05) is 61.5 Å². The Kier molecular flexibility index (Phi) is 6.22. The summed E-state index contributed by atoms with van der Waals surface area (Å²) < 4.78 is 5.62. The zero-order valence-electron chi connectivity index (χ0n) is 16.4. The predicted molar refractivity (Wildman–Crippen MR) is 115 cm³/mol. The van der Waals surface area contributed by atoms with Crippen LogP contribution in [0.15, 0.2) is 71.7 Å². The number of carbonyl (C=O) groups is 1. The van der Waals surface area contributed by atoms with Crippen molar-refractivity contribution >= 4 is 23.5 Å². The molecule has 0 aliphatic carbocycles. The number of amides is 1. The Morgan fingerprint density at radius 2 is 1.79 bits per heavy atom. The smallest absolute Gasteiger partial charge is 0.262 e. The molecule has 142 valence electrons. The summed E-state index contributed by atoms with van der Waals surface area (Å²) in [7, 11) is 0. The van der Waals surface area contributed by atoms with Gasteiger partial charge in [0.15, 0.2) is 6.61 Å². The van der Waals surface area contributed by atoms with Gasteiger partial charge in [0, 0.05) is 11.9 Å². The summed E-state index contributed by atoms with van der Waals surface area (Å²) in [6.07, 6.45) is 1.80. The number of nitrogens with zero attached hydrogens (tertiary/aromatic N) is 1. The van der Waals surface area contributed by atoms with E-state index in [2.05, 4.69) is 36.3 Å². The average molecular weight is 372 g/mol. The second kappa shape index (κ2) is 9.00. The Morgan fingerprint density at radius 3 is 2.57 bits per heavy atom. The number of aliphatic imine (C=N–C) groups is 1. The Labute approximate surface area is 165 Å². The van der Waals surface area contributed by atoms with Crippen LogP contribution in [0.2, 0.25) is 0 Å². The molecular formula is C24H24N2O2. The van der Waals surface area contributed by atoms with Crippen LogP contribution in [0.3, 0.4) is 0 Å². The van der Waals surface area contributed by atoms with E-state index in [9.17, 15) is 4.79 Å². The van der Waals surface area contributed by atoms with Gasteiger partial charge in [0.05, 0.1) is 5.69 Å². The molecule has 0 radical (unpaired) electrons. The highest BCUT2D eigenvalue weighted by atomic mass is 16.5. The number of anilines is 1. The molecule has 3 aromatic rings. The molecule has 0 spiro atoms. The molecule has 0 bridgehead atoms. The summed E-state index contributed by atoms with van der Waals surface area (Å²) in [6, 6.07) is 21.3. The van der Waals surface area contributed by atoms with Gasteiger partial charge in [-0.25, -0.2) is 0 Å². The highest BCUT2D eigenvalue weighted by molar-refractivity contribution is 5.92. The van der Waals surface area contributed by atoms with Crippen molar-refractivity contribution in [3.63, 3.8) is 0 Å². The SMILES string of the molecule is Cc1cccc(NC(=O)COc2cccc(C=Nc3ccc(C)c(C)c3)c2)c1. The maximum atomic E-state index is 12.1. The first-order valence-electron chi connectivity index (χ1n) is 9.20. The van der Waals surface area contributed by atoms with Gasteiger partial charge in [-0.3, -0.25) is 9.79 Å². The molecule has 0 fully saturated rings. The Morgan fingerprint density at radius 1 is 0.964 bits per heavy atom. The number of aryl methyl sites for hydroxylation is 3. The highest BCUT2D eigenvalue weighted by Gasteiger charge is 2.04. The van der Waals surface area contributed by atoms with Crippen molar-refractivity contribution < 1.29 is 9.53 Å². The van der Waals surface area contributed by atoms with Gasteiger partial charge in [-0.05, 0) is 79.4 Å². The molecule has 4 nitrogen and oxygen atoms in total. The standard InChI is InChI=1S/C24H24N2O2/c1-17-6-4-8-22(12-17)26-24(27)16-28-23-9-5-7-20(14-23)15-25-21-11-10-18(2)19(3)13-21/h4-15H,16H2,1-3H3,(H,26,27). The molecule has 0 aromatic heterocycles. The van der Waals surface area contributed by atoms with Gasteiger partial charge in [-0.15, -0.1) is 0 Å². The quantitative estimate of drug-likeness (QED) is 0.591. The lowest BCUT2D eigenvalue weighted by molar-refractivity contribution is -0.118. The number of hydrogen-bond acceptors (Lipinski definition) is 3. The van der Waals surface area contributed by atoms with E-state index >= 15 is 0 Å². The molecule has 1 N–H and O–H groups in total. The molecule has 3 rings (SSSR count). The monoisotopic (exact) mass is 372 g/mol. The van der Waals surface area contributed by atoms with E-state index in [1.54, 1.807) is 6.21 Å². The molecule has 0 aliphatic heterocycles. The molecule has 0 unspecified atom stereocenters. The summed E-state index contributed by atoms with van der Waals surface area (Å²) in [4.78, 5) is 16.6. The fourth-order valence-electron chi connectivity index (χ4n) is 2.71. The van der Waals surface area contributed by atoms with Crippen molar-refractivity contribution in [3.05, 3.63) is 89.0 Å². The molecule has 28 heavy (non-hydrogen) atoms. The Hall–Kier alpha value is -3.40. The molecule has 4 heteroatoms. The van der Waals surface area contributed by atoms with Crippen LogP contribution in [0.4, 0.5) is 11.4 Å². The summed E-state index contributed by atoms with van der Waals surface area (Å²) in [5.74, 6) is 0.434. The number of rotatable bonds is 6. The molecule has 3 aromatic carbocycles. The van der Waals surface area contributed by atoms with Crippen molar-refractivity contribution in [3.8, 4) is 5.75 Å². The molecule has 0 saturated heterocycles. The lowest BCUT2D eigenvalue weighted by Crippen LogP contribution is -2.20. The average Bonchev–Trinajstić information content (AvgIpc) is 2.68. The van der Waals surface area contributed by atoms with Gasteiger partial charge >= 0.3 is 0 Å². The molecule has 0 atom stereocenters. The lowest BCUT2D eigenvalue weighted by atomic mass is 10.1. The Bertz CT molecular complexity index is 1010. The summed E-state index contributed by atoms with van der Waals surface area (Å²) in [5.41, 5.74) is 6.14. The summed E-state index contributed by atoms with van der Waals surface area (Å²) >= 11 is 0. The van der Waals surface area contributed by atoms with E-state index in [-0.39, 0.29) is 12.5 Å². The number of benzene rings is 3. The largest absolute Gasteiger partial charge is 0.484 e. The van der Waals surface area contributed by atoms with Crippen LogP contribution in [0.25, 0.3) is 0 Å². The molecule has 0 heterocycles. The first-order valence-corrected chi connectivity index (χ1v) is 9.20. The highest BCUT2D eigenvalue weighted by Crippen LogP contribution is 2.18. The minimum atomic E-state index is -0.195. The van der Waals surface area contributed by atoms with Crippen LogP contribution in [0.5, 0.6) is 5.75 Å². The van der Waals surface area contributed by atoms with Crippen LogP contribution in [0.1, 0.15) is 22.3 Å². The zero-order chi connectivity index (χ0) is 19.9. The first kappa shape index (κ1) is 19.4. The second-order valence-corrected chi connectivity index (χ2v) is 6.81. The van der Waals surface area contributed by atoms with E-state index in [4.69, 9.17) is 4.74 Å². The van der Waals surface area contributed by atoms with E-state index in [1.165, 1.54) is 11.1 Å². The maximum absolute atomic E-state index is 12.1. The lowest BCUT2D eigenvalue weighted by Gasteiger charge is -2.08. The predicted octanol–water partition coefficient (Wildman–Crippen LogP) is 5.38. The minimum absolute atomic E-state index is 0.0499. The van der Waals surface area contributed by atoms with Gasteiger partial charge in [0.1, 0.15) is 5.75 Å². The first-order chi connectivity index (χ1) is 13.5. The van der Waals surface area contributed by atoms with Crippen molar-refractivity contribution in [2.24, 2.45) is 4.99 Å². The van der Waals surface area contributed by atoms with Gasteiger partial charge in [0.25, 0.3) is 5.91 Å². The Balaban J connectivity index is 1.59. The molecule has 0 aliphatic rings. The van der Waals surface area contributed by atoms with Gasteiger partial charge in [0.2, 0.25) is 0 Å². The zero-order valence-corrected chi connectivity index (χ0v) is 16.4. The van der Waals surface area contributed by atoms with Gasteiger partial charge in [-0.2, -0.15) is 0 Å². The second-order valence-electron chi connectivity index (χ2n) is 6.81. The topological polar surface area (TPSA) is 50.7 Å². The van der Waals surface area contributed by atoms with Gasteiger partial charge < -0.3 is 10.1 Å². The van der Waals surface area contributed by atoms with Crippen LogP contribution < -0.4 is 10.1 Å². The van der Waals surface area contributed by atoms with Gasteiger partial charge in [-0.1, -0.05) is 30.3 Å². The van der Waals surface area contributed by atoms with E-state index in [0.29, 0.717) is 5.75 Å². The van der Waals surface area contributed by atoms with Crippen molar-refractivity contribution in [2.75, 3.05) is 11.9 Å². The normalized spacial score (nSPS) is 10.8. The van der Waals surface area contributed by atoms with Crippen LogP contribution in [-0.4, -0.2) is 18.7 Å².